The molecule has 3 N–H and O–H groups in total. The SMILES string of the molecule is CCC(C)C.CCc1cccc(CNc2cnc(-c3ccc(F)c(C)c3)c(-c3ccc(N)c(C)c3)c2)c1. The molecule has 4 aromatic rings. The smallest absolute Gasteiger partial charge is 0.126 e. The summed E-state index contributed by atoms with van der Waals surface area (Å²) in [6, 6.07) is 21.8. The maximum Gasteiger partial charge on any atom is 0.126 e. The van der Waals surface area contributed by atoms with E-state index in [4.69, 9.17) is 10.7 Å². The highest BCUT2D eigenvalue weighted by atomic mass is 19.1. The van der Waals surface area contributed by atoms with Crippen LogP contribution in [-0.2, 0) is 13.0 Å². The van der Waals surface area contributed by atoms with Gasteiger partial charge in [0.25, 0.3) is 0 Å². The van der Waals surface area contributed by atoms with Gasteiger partial charge in [0, 0.05) is 23.4 Å². The number of hydrogen-bond acceptors (Lipinski definition) is 3. The number of nitrogens with zero attached hydrogens (tertiary/aromatic N) is 1. The Morgan fingerprint density at radius 2 is 1.54 bits per heavy atom. The number of aromatic nitrogens is 1. The number of halogens is 1. The monoisotopic (exact) mass is 497 g/mol. The molecule has 0 aliphatic rings. The largest absolute Gasteiger partial charge is 0.399 e. The Hall–Kier alpha value is -3.66. The zero-order chi connectivity index (χ0) is 26.9. The lowest BCUT2D eigenvalue weighted by atomic mass is 9.96. The molecule has 0 bridgehead atoms. The molecule has 3 nitrogen and oxygen atoms in total. The summed E-state index contributed by atoms with van der Waals surface area (Å²) in [5.74, 6) is 0.668. The Labute approximate surface area is 222 Å². The molecule has 0 atom stereocenters. The van der Waals surface area contributed by atoms with E-state index in [0.29, 0.717) is 12.1 Å². The van der Waals surface area contributed by atoms with Crippen molar-refractivity contribution >= 4 is 11.4 Å². The Morgan fingerprint density at radius 1 is 0.865 bits per heavy atom. The molecule has 0 unspecified atom stereocenters. The Morgan fingerprint density at radius 3 is 2.19 bits per heavy atom. The average Bonchev–Trinajstić information content (AvgIpc) is 2.91. The summed E-state index contributed by atoms with van der Waals surface area (Å²) in [5.41, 5.74) is 15.6. The van der Waals surface area contributed by atoms with Gasteiger partial charge < -0.3 is 11.1 Å². The molecule has 0 radical (unpaired) electrons. The third kappa shape index (κ3) is 7.66. The Bertz CT molecular complexity index is 1330. The van der Waals surface area contributed by atoms with Crippen molar-refractivity contribution in [3.8, 4) is 22.4 Å². The van der Waals surface area contributed by atoms with Gasteiger partial charge in [0.1, 0.15) is 5.82 Å². The number of aryl methyl sites for hydroxylation is 3. The Kier molecular flexibility index (Phi) is 9.85. The molecule has 0 aliphatic heterocycles. The van der Waals surface area contributed by atoms with Crippen molar-refractivity contribution in [3.05, 3.63) is 101 Å². The van der Waals surface area contributed by atoms with E-state index in [1.165, 1.54) is 23.6 Å². The van der Waals surface area contributed by atoms with Crippen LogP contribution in [0, 0.1) is 25.6 Å². The van der Waals surface area contributed by atoms with Crippen molar-refractivity contribution in [2.45, 2.75) is 60.9 Å². The van der Waals surface area contributed by atoms with Crippen LogP contribution in [0.2, 0.25) is 0 Å². The second kappa shape index (κ2) is 13.0. The number of anilines is 2. The highest BCUT2D eigenvalue weighted by Gasteiger charge is 2.13. The predicted octanol–water partition coefficient (Wildman–Crippen LogP) is 8.98. The average molecular weight is 498 g/mol. The standard InChI is InChI=1S/C28H28FN3.C5H12/c1-4-20-6-5-7-21(14-20)16-31-24-15-25(22-9-11-27(30)19(3)13-22)28(32-17-24)23-8-10-26(29)18(2)12-23;1-4-5(2)3/h5-15,17,31H,4,16,30H2,1-3H3;5H,4H2,1-3H3. The van der Waals surface area contributed by atoms with Crippen LogP contribution in [0.4, 0.5) is 15.8 Å². The van der Waals surface area contributed by atoms with Gasteiger partial charge in [0.2, 0.25) is 0 Å². The van der Waals surface area contributed by atoms with Gasteiger partial charge in [-0.15, -0.1) is 0 Å². The van der Waals surface area contributed by atoms with Crippen molar-refractivity contribution in [1.82, 2.24) is 4.98 Å². The molecule has 194 valence electrons. The summed E-state index contributed by atoms with van der Waals surface area (Å²) < 4.78 is 13.9. The van der Waals surface area contributed by atoms with E-state index in [0.717, 1.165) is 51.7 Å². The van der Waals surface area contributed by atoms with Crippen LogP contribution < -0.4 is 11.1 Å². The van der Waals surface area contributed by atoms with Crippen molar-refractivity contribution in [3.63, 3.8) is 0 Å². The first-order chi connectivity index (χ1) is 17.7. The molecule has 0 aliphatic carbocycles. The van der Waals surface area contributed by atoms with Gasteiger partial charge in [-0.3, -0.25) is 4.98 Å². The molecule has 0 spiro atoms. The van der Waals surface area contributed by atoms with Gasteiger partial charge >= 0.3 is 0 Å². The minimum absolute atomic E-state index is 0.216. The maximum atomic E-state index is 13.9. The molecule has 4 rings (SSSR count). The van der Waals surface area contributed by atoms with Gasteiger partial charge in [-0.1, -0.05) is 64.4 Å². The molecule has 0 saturated carbocycles. The quantitative estimate of drug-likeness (QED) is 0.250. The lowest BCUT2D eigenvalue weighted by Crippen LogP contribution is -2.02. The van der Waals surface area contributed by atoms with Crippen LogP contribution in [0.1, 0.15) is 56.4 Å². The van der Waals surface area contributed by atoms with E-state index in [2.05, 4.69) is 69.4 Å². The van der Waals surface area contributed by atoms with Crippen LogP contribution in [0.5, 0.6) is 0 Å². The van der Waals surface area contributed by atoms with Crippen molar-refractivity contribution in [1.29, 1.82) is 0 Å². The molecule has 0 saturated heterocycles. The molecule has 37 heavy (non-hydrogen) atoms. The summed E-state index contributed by atoms with van der Waals surface area (Å²) in [6.45, 7) is 13.3. The van der Waals surface area contributed by atoms with Gasteiger partial charge in [-0.2, -0.15) is 0 Å². The maximum absolute atomic E-state index is 13.9. The third-order valence-corrected chi connectivity index (χ3v) is 6.61. The minimum atomic E-state index is -0.216. The summed E-state index contributed by atoms with van der Waals surface area (Å²) in [5, 5.41) is 3.50. The molecule has 0 fully saturated rings. The first-order valence-corrected chi connectivity index (χ1v) is 13.2. The van der Waals surface area contributed by atoms with E-state index in [9.17, 15) is 4.39 Å². The number of benzene rings is 3. The molecule has 1 heterocycles. The molecule has 1 aromatic heterocycles. The van der Waals surface area contributed by atoms with Gasteiger partial charge in [0.05, 0.1) is 17.6 Å². The van der Waals surface area contributed by atoms with Crippen molar-refractivity contribution in [2.75, 3.05) is 11.1 Å². The fourth-order valence-electron chi connectivity index (χ4n) is 3.81. The lowest BCUT2D eigenvalue weighted by molar-refractivity contribution is 0.619. The van der Waals surface area contributed by atoms with Crippen LogP contribution in [0.25, 0.3) is 22.4 Å². The third-order valence-electron chi connectivity index (χ3n) is 6.61. The minimum Gasteiger partial charge on any atom is -0.399 e. The number of rotatable bonds is 7. The topological polar surface area (TPSA) is 50.9 Å². The van der Waals surface area contributed by atoms with Crippen LogP contribution in [0.3, 0.4) is 0 Å². The number of nitrogens with one attached hydrogen (secondary N) is 1. The first-order valence-electron chi connectivity index (χ1n) is 13.2. The summed E-state index contributed by atoms with van der Waals surface area (Å²) in [4.78, 5) is 4.78. The zero-order valence-electron chi connectivity index (χ0n) is 23.0. The summed E-state index contributed by atoms with van der Waals surface area (Å²) in [7, 11) is 0. The number of nitrogens with two attached hydrogens (primary N) is 1. The number of nitrogen functional groups attached to an aromatic ring is 1. The second-order valence-electron chi connectivity index (χ2n) is 9.98. The van der Waals surface area contributed by atoms with Crippen LogP contribution in [0.15, 0.2) is 72.9 Å². The van der Waals surface area contributed by atoms with E-state index < -0.39 is 0 Å². The second-order valence-corrected chi connectivity index (χ2v) is 9.98. The highest BCUT2D eigenvalue weighted by molar-refractivity contribution is 5.84. The first kappa shape index (κ1) is 27.9. The number of hydrogen-bond donors (Lipinski definition) is 2. The molecule has 4 heteroatoms. The van der Waals surface area contributed by atoms with E-state index in [1.807, 2.05) is 31.3 Å². The summed E-state index contributed by atoms with van der Waals surface area (Å²) in [6.07, 6.45) is 4.16. The normalized spacial score (nSPS) is 10.7. The molecular formula is C33H40FN3. The fraction of sp³-hybridized carbons (Fsp3) is 0.303. The molecular weight excluding hydrogens is 457 g/mol. The van der Waals surface area contributed by atoms with Crippen molar-refractivity contribution < 1.29 is 4.39 Å². The number of pyridine rings is 1. The molecule has 3 aromatic carbocycles. The predicted molar refractivity (Wildman–Crippen MR) is 157 cm³/mol. The van der Waals surface area contributed by atoms with E-state index in [-0.39, 0.29) is 5.82 Å². The van der Waals surface area contributed by atoms with Gasteiger partial charge in [-0.25, -0.2) is 4.39 Å². The van der Waals surface area contributed by atoms with Gasteiger partial charge in [-0.05, 0) is 90.4 Å². The zero-order valence-corrected chi connectivity index (χ0v) is 23.0. The Balaban J connectivity index is 0.000000695. The van der Waals surface area contributed by atoms with Crippen LogP contribution >= 0.6 is 0 Å². The van der Waals surface area contributed by atoms with E-state index in [1.54, 1.807) is 13.0 Å². The van der Waals surface area contributed by atoms with Gasteiger partial charge in [0.15, 0.2) is 0 Å². The summed E-state index contributed by atoms with van der Waals surface area (Å²) >= 11 is 0. The van der Waals surface area contributed by atoms with Crippen LogP contribution in [-0.4, -0.2) is 4.98 Å². The lowest BCUT2D eigenvalue weighted by Gasteiger charge is -2.15. The van der Waals surface area contributed by atoms with E-state index >= 15 is 0 Å². The highest BCUT2D eigenvalue weighted by Crippen LogP contribution is 2.34. The fourth-order valence-corrected chi connectivity index (χ4v) is 3.81. The van der Waals surface area contributed by atoms with Crippen molar-refractivity contribution in [2.24, 2.45) is 5.92 Å². The molecule has 0 amide bonds.